The zero-order chi connectivity index (χ0) is 21.0. The summed E-state index contributed by atoms with van der Waals surface area (Å²) in [6.45, 7) is 1.76. The molecule has 0 radical (unpaired) electrons. The average molecular weight is 394 g/mol. The highest BCUT2D eigenvalue weighted by molar-refractivity contribution is 6.21. The molecule has 0 fully saturated rings. The molecule has 1 aliphatic heterocycles. The fraction of sp³-hybridized carbons (Fsp3) is 0.273. The van der Waals surface area contributed by atoms with Crippen LogP contribution in [0.2, 0.25) is 0 Å². The van der Waals surface area contributed by atoms with Crippen molar-refractivity contribution < 1.29 is 24.3 Å². The number of anilines is 1. The lowest BCUT2D eigenvalue weighted by atomic mass is 10.1. The first kappa shape index (κ1) is 20.3. The molecular formula is C22H22N2O5. The van der Waals surface area contributed by atoms with Crippen molar-refractivity contribution in [1.82, 2.24) is 4.90 Å². The van der Waals surface area contributed by atoms with Crippen LogP contribution in [0.5, 0.6) is 0 Å². The van der Waals surface area contributed by atoms with Gasteiger partial charge in [0.15, 0.2) is 0 Å². The number of carboxylic acids is 1. The van der Waals surface area contributed by atoms with Crippen LogP contribution in [-0.4, -0.2) is 40.4 Å². The van der Waals surface area contributed by atoms with Gasteiger partial charge in [-0.05, 0) is 36.8 Å². The predicted molar refractivity (Wildman–Crippen MR) is 107 cm³/mol. The SMILES string of the molecule is CCCCCC(=O)N(CN1C(=O)c2ccccc2C1=O)c1cccc(C(=O)O)c1. The smallest absolute Gasteiger partial charge is 0.335 e. The molecule has 0 spiro atoms. The molecule has 3 amide bonds. The third kappa shape index (κ3) is 4.18. The minimum atomic E-state index is -1.12. The molecule has 150 valence electrons. The van der Waals surface area contributed by atoms with E-state index in [1.54, 1.807) is 30.3 Å². The second-order valence-corrected chi connectivity index (χ2v) is 6.86. The Labute approximate surface area is 168 Å². The number of unbranched alkanes of at least 4 members (excludes halogenated alkanes) is 2. The van der Waals surface area contributed by atoms with Crippen LogP contribution >= 0.6 is 0 Å². The molecule has 1 aliphatic rings. The molecule has 0 aliphatic carbocycles. The van der Waals surface area contributed by atoms with Gasteiger partial charge in [-0.25, -0.2) is 4.79 Å². The Morgan fingerprint density at radius 1 is 0.966 bits per heavy atom. The number of carbonyl (C=O) groups is 4. The van der Waals surface area contributed by atoms with Gasteiger partial charge in [0.05, 0.1) is 16.7 Å². The number of aromatic carboxylic acids is 1. The van der Waals surface area contributed by atoms with E-state index in [0.29, 0.717) is 23.2 Å². The van der Waals surface area contributed by atoms with Crippen LogP contribution in [0.15, 0.2) is 48.5 Å². The van der Waals surface area contributed by atoms with Gasteiger partial charge in [0.25, 0.3) is 11.8 Å². The number of hydrogen-bond acceptors (Lipinski definition) is 4. The van der Waals surface area contributed by atoms with Crippen molar-refractivity contribution in [2.24, 2.45) is 0 Å². The highest BCUT2D eigenvalue weighted by atomic mass is 16.4. The maximum absolute atomic E-state index is 12.9. The lowest BCUT2D eigenvalue weighted by Crippen LogP contribution is -2.44. The number of rotatable bonds is 8. The minimum absolute atomic E-state index is 0.0243. The summed E-state index contributed by atoms with van der Waals surface area (Å²) in [5.74, 6) is -2.32. The number of benzene rings is 2. The van der Waals surface area contributed by atoms with Crippen molar-refractivity contribution in [2.45, 2.75) is 32.6 Å². The Morgan fingerprint density at radius 2 is 1.62 bits per heavy atom. The van der Waals surface area contributed by atoms with Crippen LogP contribution < -0.4 is 4.90 Å². The number of imide groups is 1. The molecule has 0 saturated carbocycles. The fourth-order valence-corrected chi connectivity index (χ4v) is 3.28. The molecule has 2 aromatic carbocycles. The lowest BCUT2D eigenvalue weighted by Gasteiger charge is -2.27. The van der Waals surface area contributed by atoms with Gasteiger partial charge in [-0.2, -0.15) is 0 Å². The first-order valence-electron chi connectivity index (χ1n) is 9.53. The van der Waals surface area contributed by atoms with Crippen LogP contribution in [0.4, 0.5) is 5.69 Å². The van der Waals surface area contributed by atoms with Gasteiger partial charge in [0.1, 0.15) is 6.67 Å². The molecule has 0 unspecified atom stereocenters. The Kier molecular flexibility index (Phi) is 6.07. The first-order chi connectivity index (χ1) is 13.9. The summed E-state index contributed by atoms with van der Waals surface area (Å²) >= 11 is 0. The van der Waals surface area contributed by atoms with Gasteiger partial charge in [-0.3, -0.25) is 24.2 Å². The molecule has 7 heteroatoms. The van der Waals surface area contributed by atoms with Crippen LogP contribution in [0.1, 0.15) is 63.7 Å². The summed E-state index contributed by atoms with van der Waals surface area (Å²) in [7, 11) is 0. The van der Waals surface area contributed by atoms with E-state index >= 15 is 0 Å². The van der Waals surface area contributed by atoms with Crippen LogP contribution in [-0.2, 0) is 4.79 Å². The molecule has 7 nitrogen and oxygen atoms in total. The topological polar surface area (TPSA) is 95.0 Å². The normalized spacial score (nSPS) is 12.8. The molecule has 1 N–H and O–H groups in total. The summed E-state index contributed by atoms with van der Waals surface area (Å²) in [4.78, 5) is 52.0. The molecule has 0 saturated heterocycles. The summed E-state index contributed by atoms with van der Waals surface area (Å²) < 4.78 is 0. The number of nitrogens with zero attached hydrogens (tertiary/aromatic N) is 2. The number of amides is 3. The maximum Gasteiger partial charge on any atom is 0.335 e. The first-order valence-corrected chi connectivity index (χ1v) is 9.53. The Hall–Kier alpha value is -3.48. The quantitative estimate of drug-likeness (QED) is 0.546. The van der Waals surface area contributed by atoms with Crippen molar-refractivity contribution in [3.8, 4) is 0 Å². The zero-order valence-electron chi connectivity index (χ0n) is 16.1. The summed E-state index contributed by atoms with van der Waals surface area (Å²) in [5.41, 5.74) is 0.963. The van der Waals surface area contributed by atoms with E-state index in [1.807, 2.05) is 6.92 Å². The maximum atomic E-state index is 12.9. The highest BCUT2D eigenvalue weighted by Gasteiger charge is 2.37. The second kappa shape index (κ2) is 8.68. The van der Waals surface area contributed by atoms with Crippen molar-refractivity contribution in [1.29, 1.82) is 0 Å². The molecule has 0 atom stereocenters. The van der Waals surface area contributed by atoms with E-state index < -0.39 is 17.8 Å². The zero-order valence-corrected chi connectivity index (χ0v) is 16.1. The van der Waals surface area contributed by atoms with E-state index in [-0.39, 0.29) is 24.6 Å². The summed E-state index contributed by atoms with van der Waals surface area (Å²) in [6.07, 6.45) is 2.74. The highest BCUT2D eigenvalue weighted by Crippen LogP contribution is 2.25. The number of fused-ring (bicyclic) bond motifs is 1. The van der Waals surface area contributed by atoms with Crippen molar-refractivity contribution in [3.63, 3.8) is 0 Å². The molecular weight excluding hydrogens is 372 g/mol. The lowest BCUT2D eigenvalue weighted by molar-refractivity contribution is -0.119. The Balaban J connectivity index is 1.91. The predicted octanol–water partition coefficient (Wildman–Crippen LogP) is 3.55. The molecule has 0 aromatic heterocycles. The van der Waals surface area contributed by atoms with Gasteiger partial charge in [0.2, 0.25) is 5.91 Å². The van der Waals surface area contributed by atoms with E-state index in [2.05, 4.69) is 0 Å². The van der Waals surface area contributed by atoms with Gasteiger partial charge in [0, 0.05) is 12.1 Å². The molecule has 1 heterocycles. The molecule has 3 rings (SSSR count). The van der Waals surface area contributed by atoms with Crippen LogP contribution in [0.3, 0.4) is 0 Å². The molecule has 2 aromatic rings. The largest absolute Gasteiger partial charge is 0.478 e. The van der Waals surface area contributed by atoms with Crippen LogP contribution in [0.25, 0.3) is 0 Å². The van der Waals surface area contributed by atoms with E-state index in [9.17, 15) is 24.3 Å². The van der Waals surface area contributed by atoms with E-state index in [0.717, 1.165) is 17.7 Å². The summed E-state index contributed by atoms with van der Waals surface area (Å²) in [5, 5.41) is 9.27. The van der Waals surface area contributed by atoms with E-state index in [4.69, 9.17) is 0 Å². The van der Waals surface area contributed by atoms with Crippen molar-refractivity contribution >= 4 is 29.4 Å². The second-order valence-electron chi connectivity index (χ2n) is 6.86. The third-order valence-electron chi connectivity index (χ3n) is 4.86. The van der Waals surface area contributed by atoms with Crippen molar-refractivity contribution in [3.05, 3.63) is 65.2 Å². The van der Waals surface area contributed by atoms with Gasteiger partial charge in [-0.1, -0.05) is 38.0 Å². The van der Waals surface area contributed by atoms with Crippen molar-refractivity contribution in [2.75, 3.05) is 11.6 Å². The van der Waals surface area contributed by atoms with Gasteiger partial charge >= 0.3 is 5.97 Å². The van der Waals surface area contributed by atoms with E-state index in [1.165, 1.54) is 23.1 Å². The van der Waals surface area contributed by atoms with Gasteiger partial charge < -0.3 is 5.11 Å². The Morgan fingerprint density at radius 3 is 2.21 bits per heavy atom. The fourth-order valence-electron chi connectivity index (χ4n) is 3.28. The Bertz CT molecular complexity index is 934. The number of hydrogen-bond donors (Lipinski definition) is 1. The number of carbonyl (C=O) groups excluding carboxylic acids is 3. The number of carboxylic acid groups (broad SMARTS) is 1. The standard InChI is InChI=1S/C22H22N2O5/c1-2-3-4-12-19(25)23(16-9-7-8-15(13-16)22(28)29)14-24-20(26)17-10-5-6-11-18(17)21(24)27/h5-11,13H,2-4,12,14H2,1H3,(H,28,29). The van der Waals surface area contributed by atoms with Crippen LogP contribution in [0, 0.1) is 0 Å². The third-order valence-corrected chi connectivity index (χ3v) is 4.86. The minimum Gasteiger partial charge on any atom is -0.478 e. The average Bonchev–Trinajstić information content (AvgIpc) is 2.97. The monoisotopic (exact) mass is 394 g/mol. The molecule has 29 heavy (non-hydrogen) atoms. The molecule has 0 bridgehead atoms. The van der Waals surface area contributed by atoms with Gasteiger partial charge in [-0.15, -0.1) is 0 Å². The summed E-state index contributed by atoms with van der Waals surface area (Å²) in [6, 6.07) is 12.4.